The molecule has 0 aromatic carbocycles. The van der Waals surface area contributed by atoms with E-state index in [0.29, 0.717) is 10.2 Å². The van der Waals surface area contributed by atoms with Crippen molar-refractivity contribution in [3.63, 3.8) is 0 Å². The van der Waals surface area contributed by atoms with Gasteiger partial charge in [0.15, 0.2) is 0 Å². The van der Waals surface area contributed by atoms with E-state index in [2.05, 4.69) is 31.2 Å². The standard InChI is InChI=1S/C13H12BrN3O/c1-9(11-6-2-3-7-15-11)17-13(18)12-10(14)5-4-8-16-12/h2-9H,1H3,(H,17,18). The Bertz CT molecular complexity index is 545. The molecule has 0 fully saturated rings. The van der Waals surface area contributed by atoms with Crippen LogP contribution in [-0.4, -0.2) is 15.9 Å². The third kappa shape index (κ3) is 2.92. The summed E-state index contributed by atoms with van der Waals surface area (Å²) in [5.41, 5.74) is 1.19. The van der Waals surface area contributed by atoms with Gasteiger partial charge in [-0.1, -0.05) is 6.07 Å². The lowest BCUT2D eigenvalue weighted by Crippen LogP contribution is -2.28. The second-order valence-corrected chi connectivity index (χ2v) is 4.64. The summed E-state index contributed by atoms with van der Waals surface area (Å²) in [4.78, 5) is 20.3. The topological polar surface area (TPSA) is 54.9 Å². The average Bonchev–Trinajstić information content (AvgIpc) is 2.40. The highest BCUT2D eigenvalue weighted by Crippen LogP contribution is 2.15. The monoisotopic (exact) mass is 305 g/mol. The minimum Gasteiger partial charge on any atom is -0.343 e. The van der Waals surface area contributed by atoms with Crippen LogP contribution in [-0.2, 0) is 0 Å². The van der Waals surface area contributed by atoms with E-state index in [4.69, 9.17) is 0 Å². The van der Waals surface area contributed by atoms with Crippen LogP contribution in [0.4, 0.5) is 0 Å². The SMILES string of the molecule is CC(NC(=O)c1ncccc1Br)c1ccccn1. The lowest BCUT2D eigenvalue weighted by atomic mass is 10.2. The molecule has 1 N–H and O–H groups in total. The highest BCUT2D eigenvalue weighted by Gasteiger charge is 2.15. The number of hydrogen-bond donors (Lipinski definition) is 1. The quantitative estimate of drug-likeness (QED) is 0.948. The molecule has 5 heteroatoms. The molecule has 2 heterocycles. The van der Waals surface area contributed by atoms with Crippen LogP contribution in [0.2, 0.25) is 0 Å². The molecule has 18 heavy (non-hydrogen) atoms. The first-order valence-electron chi connectivity index (χ1n) is 5.51. The zero-order chi connectivity index (χ0) is 13.0. The number of hydrogen-bond acceptors (Lipinski definition) is 3. The van der Waals surface area contributed by atoms with Gasteiger partial charge in [-0.15, -0.1) is 0 Å². The Labute approximate surface area is 114 Å². The van der Waals surface area contributed by atoms with Crippen molar-refractivity contribution in [3.05, 3.63) is 58.6 Å². The molecular formula is C13H12BrN3O. The highest BCUT2D eigenvalue weighted by atomic mass is 79.9. The first-order chi connectivity index (χ1) is 8.68. The van der Waals surface area contributed by atoms with Gasteiger partial charge in [-0.05, 0) is 47.1 Å². The molecule has 1 unspecified atom stereocenters. The van der Waals surface area contributed by atoms with Gasteiger partial charge in [-0.25, -0.2) is 4.98 Å². The minimum absolute atomic E-state index is 0.160. The molecule has 1 amide bonds. The van der Waals surface area contributed by atoms with Gasteiger partial charge in [0.05, 0.1) is 11.7 Å². The fraction of sp³-hybridized carbons (Fsp3) is 0.154. The molecule has 2 rings (SSSR count). The zero-order valence-electron chi connectivity index (χ0n) is 9.80. The molecule has 0 aliphatic heterocycles. The van der Waals surface area contributed by atoms with E-state index in [1.165, 1.54) is 0 Å². The summed E-state index contributed by atoms with van der Waals surface area (Å²) in [7, 11) is 0. The Morgan fingerprint density at radius 2 is 2.00 bits per heavy atom. The van der Waals surface area contributed by atoms with Gasteiger partial charge in [-0.2, -0.15) is 0 Å². The third-order valence-electron chi connectivity index (χ3n) is 2.45. The molecule has 1 atom stereocenters. The third-order valence-corrected chi connectivity index (χ3v) is 3.09. The second-order valence-electron chi connectivity index (χ2n) is 3.78. The summed E-state index contributed by atoms with van der Waals surface area (Å²) in [6.07, 6.45) is 3.29. The van der Waals surface area contributed by atoms with E-state index in [0.717, 1.165) is 5.69 Å². The van der Waals surface area contributed by atoms with Crippen LogP contribution in [0.25, 0.3) is 0 Å². The first kappa shape index (κ1) is 12.7. The number of rotatable bonds is 3. The summed E-state index contributed by atoms with van der Waals surface area (Å²) in [5.74, 6) is -0.222. The largest absolute Gasteiger partial charge is 0.343 e. The van der Waals surface area contributed by atoms with Crippen molar-refractivity contribution in [3.8, 4) is 0 Å². The number of carbonyl (C=O) groups excluding carboxylic acids is 1. The molecule has 0 spiro atoms. The smallest absolute Gasteiger partial charge is 0.271 e. The zero-order valence-corrected chi connectivity index (χ0v) is 11.4. The van der Waals surface area contributed by atoms with Crippen molar-refractivity contribution in [2.45, 2.75) is 13.0 Å². The maximum Gasteiger partial charge on any atom is 0.271 e. The number of carbonyl (C=O) groups is 1. The van der Waals surface area contributed by atoms with Crippen molar-refractivity contribution < 1.29 is 4.79 Å². The van der Waals surface area contributed by atoms with Crippen LogP contribution < -0.4 is 5.32 Å². The van der Waals surface area contributed by atoms with Crippen molar-refractivity contribution >= 4 is 21.8 Å². The van der Waals surface area contributed by atoms with E-state index >= 15 is 0 Å². The number of halogens is 1. The number of aromatic nitrogens is 2. The number of nitrogens with zero attached hydrogens (tertiary/aromatic N) is 2. The molecule has 0 aliphatic carbocycles. The van der Waals surface area contributed by atoms with Crippen LogP contribution in [0, 0.1) is 0 Å². The van der Waals surface area contributed by atoms with E-state index in [1.54, 1.807) is 24.5 Å². The molecule has 4 nitrogen and oxygen atoms in total. The fourth-order valence-electron chi connectivity index (χ4n) is 1.52. The maximum atomic E-state index is 12.0. The molecule has 2 aromatic rings. The van der Waals surface area contributed by atoms with E-state index in [9.17, 15) is 4.79 Å². The second kappa shape index (κ2) is 5.73. The molecule has 0 bridgehead atoms. The summed E-state index contributed by atoms with van der Waals surface area (Å²) >= 11 is 3.30. The molecule has 0 saturated heterocycles. The van der Waals surface area contributed by atoms with Crippen molar-refractivity contribution in [1.82, 2.24) is 15.3 Å². The summed E-state index contributed by atoms with van der Waals surface area (Å²) in [5, 5.41) is 2.86. The van der Waals surface area contributed by atoms with Crippen LogP contribution >= 0.6 is 15.9 Å². The van der Waals surface area contributed by atoms with Gasteiger partial charge < -0.3 is 5.32 Å². The van der Waals surface area contributed by atoms with Gasteiger partial charge in [-0.3, -0.25) is 9.78 Å². The Balaban J connectivity index is 2.11. The maximum absolute atomic E-state index is 12.0. The van der Waals surface area contributed by atoms with Crippen LogP contribution in [0.1, 0.15) is 29.1 Å². The van der Waals surface area contributed by atoms with E-state index < -0.39 is 0 Å². The lowest BCUT2D eigenvalue weighted by Gasteiger charge is -2.13. The Hall–Kier alpha value is -1.75. The number of pyridine rings is 2. The predicted octanol–water partition coefficient (Wildman–Crippen LogP) is 2.73. The normalized spacial score (nSPS) is 11.9. The summed E-state index contributed by atoms with van der Waals surface area (Å²) in [6.45, 7) is 1.89. The van der Waals surface area contributed by atoms with Gasteiger partial charge in [0.1, 0.15) is 5.69 Å². The molecule has 92 valence electrons. The van der Waals surface area contributed by atoms with Crippen molar-refractivity contribution in [1.29, 1.82) is 0 Å². The Morgan fingerprint density at radius 3 is 2.67 bits per heavy atom. The van der Waals surface area contributed by atoms with Crippen molar-refractivity contribution in [2.24, 2.45) is 0 Å². The minimum atomic E-state index is -0.222. The summed E-state index contributed by atoms with van der Waals surface area (Å²) in [6, 6.07) is 9.00. The molecule has 0 radical (unpaired) electrons. The Kier molecular flexibility index (Phi) is 4.04. The molecular weight excluding hydrogens is 294 g/mol. The lowest BCUT2D eigenvalue weighted by molar-refractivity contribution is 0.0933. The summed E-state index contributed by atoms with van der Waals surface area (Å²) < 4.78 is 0.677. The number of amides is 1. The van der Waals surface area contributed by atoms with Crippen molar-refractivity contribution in [2.75, 3.05) is 0 Å². The van der Waals surface area contributed by atoms with E-state index in [1.807, 2.05) is 25.1 Å². The number of nitrogens with one attached hydrogen (secondary N) is 1. The van der Waals surface area contributed by atoms with Gasteiger partial charge in [0.2, 0.25) is 0 Å². The predicted molar refractivity (Wildman–Crippen MR) is 72.1 cm³/mol. The van der Waals surface area contributed by atoms with Crippen LogP contribution in [0.5, 0.6) is 0 Å². The Morgan fingerprint density at radius 1 is 1.22 bits per heavy atom. The molecule has 0 aliphatic rings. The fourth-order valence-corrected chi connectivity index (χ4v) is 1.96. The van der Waals surface area contributed by atoms with Gasteiger partial charge in [0, 0.05) is 16.9 Å². The highest BCUT2D eigenvalue weighted by molar-refractivity contribution is 9.10. The van der Waals surface area contributed by atoms with Crippen LogP contribution in [0.15, 0.2) is 47.2 Å². The van der Waals surface area contributed by atoms with E-state index in [-0.39, 0.29) is 11.9 Å². The average molecular weight is 306 g/mol. The molecule has 0 saturated carbocycles. The van der Waals surface area contributed by atoms with Gasteiger partial charge in [0.25, 0.3) is 5.91 Å². The molecule has 2 aromatic heterocycles. The first-order valence-corrected chi connectivity index (χ1v) is 6.30. The van der Waals surface area contributed by atoms with Gasteiger partial charge >= 0.3 is 0 Å². The van der Waals surface area contributed by atoms with Crippen LogP contribution in [0.3, 0.4) is 0 Å².